The Morgan fingerprint density at radius 2 is 1.46 bits per heavy atom. The van der Waals surface area contributed by atoms with Gasteiger partial charge in [0, 0.05) is 0 Å². The number of carbonyl (C=O) groups is 4. The molecule has 0 aromatic rings. The Hall–Kier alpha value is -1.20. The van der Waals surface area contributed by atoms with Crippen molar-refractivity contribution in [2.24, 2.45) is 0 Å². The predicted octanol–water partition coefficient (Wildman–Crippen LogP) is 0.343. The number of hydrogen-bond donors (Lipinski definition) is 1. The van der Waals surface area contributed by atoms with Gasteiger partial charge in [0.2, 0.25) is 0 Å². The van der Waals surface area contributed by atoms with E-state index in [1.807, 2.05) is 0 Å². The molecule has 0 aromatic carbocycles. The Bertz CT molecular complexity index is 239. The topological polar surface area (TPSA) is 88.5 Å². The van der Waals surface area contributed by atoms with E-state index in [1.54, 1.807) is 0 Å². The van der Waals surface area contributed by atoms with Gasteiger partial charge in [-0.25, -0.2) is 4.79 Å². The highest BCUT2D eigenvalue weighted by molar-refractivity contribution is 6.51. The maximum atomic E-state index is 9.87. The summed E-state index contributed by atoms with van der Waals surface area (Å²) < 4.78 is 0. The van der Waals surface area contributed by atoms with Gasteiger partial charge in [-0.3, -0.25) is 14.4 Å². The summed E-state index contributed by atoms with van der Waals surface area (Å²) >= 11 is 9.99. The highest BCUT2D eigenvalue weighted by Crippen LogP contribution is 2.10. The fourth-order valence-corrected chi connectivity index (χ4v) is 0.279. The van der Waals surface area contributed by atoms with Crippen LogP contribution in [0.1, 0.15) is 0 Å². The molecule has 13 heavy (non-hydrogen) atoms. The third-order valence-electron chi connectivity index (χ3n) is 0.556. The van der Waals surface area contributed by atoms with Gasteiger partial charge in [0.15, 0.2) is 18.9 Å². The summed E-state index contributed by atoms with van der Waals surface area (Å²) in [5.74, 6) is -1.41. The van der Waals surface area contributed by atoms with Crippen molar-refractivity contribution in [1.29, 1.82) is 0 Å². The molecule has 0 radical (unpaired) electrons. The molecule has 0 heterocycles. The minimum Gasteiger partial charge on any atom is -0.477 e. The van der Waals surface area contributed by atoms with Crippen molar-refractivity contribution in [3.05, 3.63) is 10.1 Å². The molecule has 7 heteroatoms. The molecule has 0 fully saturated rings. The smallest absolute Gasteiger partial charge is 0.348 e. The molecule has 0 aliphatic rings. The maximum absolute atomic E-state index is 9.87. The first-order valence-electron chi connectivity index (χ1n) is 2.63. The number of carboxylic acids is 1. The summed E-state index contributed by atoms with van der Waals surface area (Å²) in [5, 5.41) is 6.89. The molecular weight excluding hydrogens is 223 g/mol. The Balaban J connectivity index is 0. The first-order chi connectivity index (χ1) is 6.01. The molecule has 0 saturated carbocycles. The van der Waals surface area contributed by atoms with Crippen LogP contribution in [0, 0.1) is 0 Å². The Labute approximate surface area is 82.9 Å². The third kappa shape index (κ3) is 8.71. The molecule has 5 nitrogen and oxygen atoms in total. The van der Waals surface area contributed by atoms with E-state index in [9.17, 15) is 9.59 Å². The van der Waals surface area contributed by atoms with Crippen molar-refractivity contribution < 1.29 is 24.3 Å². The summed E-state index contributed by atoms with van der Waals surface area (Å²) in [7, 11) is 0. The zero-order valence-corrected chi connectivity index (χ0v) is 7.58. The van der Waals surface area contributed by atoms with Crippen LogP contribution in [0.15, 0.2) is 10.1 Å². The Morgan fingerprint density at radius 3 is 1.54 bits per heavy atom. The number of aliphatic carboxylic acids is 1. The predicted molar refractivity (Wildman–Crippen MR) is 44.6 cm³/mol. The van der Waals surface area contributed by atoms with Gasteiger partial charge >= 0.3 is 5.97 Å². The van der Waals surface area contributed by atoms with Crippen molar-refractivity contribution in [1.82, 2.24) is 0 Å². The third-order valence-corrected chi connectivity index (χ3v) is 1.30. The fourth-order valence-electron chi connectivity index (χ4n) is 0.154. The van der Waals surface area contributed by atoms with Crippen LogP contribution in [0.4, 0.5) is 0 Å². The maximum Gasteiger partial charge on any atom is 0.348 e. The average Bonchev–Trinajstić information content (AvgIpc) is 2.15. The van der Waals surface area contributed by atoms with Gasteiger partial charge in [-0.15, -0.1) is 0 Å². The molecule has 0 aliphatic heterocycles. The average molecular weight is 227 g/mol. The lowest BCUT2D eigenvalue weighted by atomic mass is 10.5. The van der Waals surface area contributed by atoms with E-state index >= 15 is 0 Å². The molecule has 0 saturated heterocycles. The summed E-state index contributed by atoms with van der Waals surface area (Å²) in [6.07, 6.45) is 0.554. The minimum atomic E-state index is -1.41. The van der Waals surface area contributed by atoms with Gasteiger partial charge in [0.05, 0.1) is 0 Å². The Morgan fingerprint density at radius 1 is 1.08 bits per heavy atom. The van der Waals surface area contributed by atoms with E-state index in [1.165, 1.54) is 0 Å². The summed E-state index contributed by atoms with van der Waals surface area (Å²) in [4.78, 5) is 37.2. The van der Waals surface area contributed by atoms with Gasteiger partial charge in [-0.05, 0) is 0 Å². The number of carboxylic acid groups (broad SMARTS) is 1. The highest BCUT2D eigenvalue weighted by atomic mass is 35.5. The molecule has 0 aliphatic carbocycles. The quantitative estimate of drug-likeness (QED) is 0.426. The number of carbonyl (C=O) groups excluding carboxylic acids is 3. The first-order valence-corrected chi connectivity index (χ1v) is 3.39. The second-order valence-corrected chi connectivity index (χ2v) is 2.14. The number of allylic oxidation sites excluding steroid dienone is 1. The number of aldehydes is 3. The zero-order valence-electron chi connectivity index (χ0n) is 6.07. The van der Waals surface area contributed by atoms with Crippen molar-refractivity contribution in [2.45, 2.75) is 0 Å². The van der Waals surface area contributed by atoms with Crippen LogP contribution in [0.3, 0.4) is 0 Å². The van der Waals surface area contributed by atoms with Crippen LogP contribution in [-0.4, -0.2) is 29.9 Å². The van der Waals surface area contributed by atoms with Crippen LogP contribution in [0.2, 0.25) is 0 Å². The molecule has 0 atom stereocenters. The van der Waals surface area contributed by atoms with Crippen molar-refractivity contribution >= 4 is 48.0 Å². The number of halogens is 2. The van der Waals surface area contributed by atoms with Crippen molar-refractivity contribution in [2.75, 3.05) is 0 Å². The fraction of sp³-hybridized carbons (Fsp3) is 0. The van der Waals surface area contributed by atoms with E-state index in [0.717, 1.165) is 0 Å². The second kappa shape index (κ2) is 8.89. The summed E-state index contributed by atoms with van der Waals surface area (Å²) in [6, 6.07) is 0. The lowest BCUT2D eigenvalue weighted by Gasteiger charge is -1.86. The standard InChI is InChI=1S/C4H2Cl2O3.C2H2O2/c5-2(1-7)3(6)4(8)9;3-1-2-4/h1H,(H,8,9);1-2H/b3-2-;. The lowest BCUT2D eigenvalue weighted by Crippen LogP contribution is -1.96. The molecule has 72 valence electrons. The van der Waals surface area contributed by atoms with E-state index in [0.29, 0.717) is 0 Å². The molecule has 0 aromatic heterocycles. The van der Waals surface area contributed by atoms with E-state index in [-0.39, 0.29) is 18.9 Å². The van der Waals surface area contributed by atoms with Gasteiger partial charge in [0.1, 0.15) is 10.1 Å². The van der Waals surface area contributed by atoms with Crippen molar-refractivity contribution in [3.8, 4) is 0 Å². The van der Waals surface area contributed by atoms with Crippen LogP contribution in [0.5, 0.6) is 0 Å². The molecule has 0 spiro atoms. The SMILES string of the molecule is O=C/C(Cl)=C(/Cl)C(=O)O.O=CC=O. The van der Waals surface area contributed by atoms with Crippen molar-refractivity contribution in [3.63, 3.8) is 0 Å². The number of hydrogen-bond acceptors (Lipinski definition) is 4. The lowest BCUT2D eigenvalue weighted by molar-refractivity contribution is -0.132. The normalized spacial score (nSPS) is 10.0. The monoisotopic (exact) mass is 226 g/mol. The molecule has 0 bridgehead atoms. The van der Waals surface area contributed by atoms with E-state index in [2.05, 4.69) is 0 Å². The number of rotatable bonds is 3. The van der Waals surface area contributed by atoms with Crippen LogP contribution >= 0.6 is 23.2 Å². The second-order valence-electron chi connectivity index (χ2n) is 1.36. The molecule has 0 rings (SSSR count). The largest absolute Gasteiger partial charge is 0.477 e. The first kappa shape index (κ1) is 14.3. The highest BCUT2D eigenvalue weighted by Gasteiger charge is 2.07. The molecule has 0 unspecified atom stereocenters. The van der Waals surface area contributed by atoms with Crippen LogP contribution in [-0.2, 0) is 19.2 Å². The van der Waals surface area contributed by atoms with Gasteiger partial charge < -0.3 is 5.11 Å². The summed E-state index contributed by atoms with van der Waals surface area (Å²) in [6.45, 7) is 0. The Kier molecular flexibility index (Phi) is 9.80. The van der Waals surface area contributed by atoms with Crippen LogP contribution < -0.4 is 0 Å². The zero-order chi connectivity index (χ0) is 10.9. The van der Waals surface area contributed by atoms with Gasteiger partial charge in [0.25, 0.3) is 0 Å². The molecule has 0 amide bonds. The molecule has 1 N–H and O–H groups in total. The molecular formula is C6H4Cl2O5. The van der Waals surface area contributed by atoms with Crippen LogP contribution in [0.25, 0.3) is 0 Å². The van der Waals surface area contributed by atoms with E-state index in [4.69, 9.17) is 37.9 Å². The minimum absolute atomic E-state index is 0.165. The van der Waals surface area contributed by atoms with E-state index < -0.39 is 16.0 Å². The summed E-state index contributed by atoms with van der Waals surface area (Å²) in [5.41, 5.74) is 0. The van der Waals surface area contributed by atoms with Gasteiger partial charge in [-0.1, -0.05) is 23.2 Å². The van der Waals surface area contributed by atoms with Gasteiger partial charge in [-0.2, -0.15) is 0 Å².